The molecule has 0 bridgehead atoms. The molecule has 0 radical (unpaired) electrons. The number of amides is 1. The molecule has 0 aliphatic carbocycles. The van der Waals surface area contributed by atoms with Crippen molar-refractivity contribution in [2.45, 2.75) is 11.9 Å². The zero-order valence-electron chi connectivity index (χ0n) is 16.2. The predicted octanol–water partition coefficient (Wildman–Crippen LogP) is 4.73. The molecule has 9 heteroatoms. The van der Waals surface area contributed by atoms with Gasteiger partial charge in [-0.15, -0.1) is 0 Å². The molecular formula is C22H18Cl2N2O4S. The molecule has 4 rings (SSSR count). The summed E-state index contributed by atoms with van der Waals surface area (Å²) in [6, 6.07) is 20.5. The smallest absolute Gasteiger partial charge is 0.267 e. The summed E-state index contributed by atoms with van der Waals surface area (Å²) in [6.07, 6.45) is -1.07. The maximum Gasteiger partial charge on any atom is 0.267 e. The van der Waals surface area contributed by atoms with Crippen molar-refractivity contribution in [3.8, 4) is 5.75 Å². The number of hydrogen-bond donors (Lipinski definition) is 1. The van der Waals surface area contributed by atoms with E-state index in [1.807, 2.05) is 6.07 Å². The van der Waals surface area contributed by atoms with Crippen molar-refractivity contribution in [1.82, 2.24) is 0 Å². The predicted molar refractivity (Wildman–Crippen MR) is 122 cm³/mol. The summed E-state index contributed by atoms with van der Waals surface area (Å²) >= 11 is 12.2. The van der Waals surface area contributed by atoms with Crippen molar-refractivity contribution in [2.24, 2.45) is 0 Å². The molecule has 6 nitrogen and oxygen atoms in total. The van der Waals surface area contributed by atoms with Crippen LogP contribution in [0.15, 0.2) is 72.8 Å². The summed E-state index contributed by atoms with van der Waals surface area (Å²) in [5, 5.41) is 3.16. The molecule has 1 atom stereocenters. The second-order valence-corrected chi connectivity index (χ2v) is 9.62. The van der Waals surface area contributed by atoms with Gasteiger partial charge in [-0.1, -0.05) is 71.7 Å². The van der Waals surface area contributed by atoms with Gasteiger partial charge in [0.2, 0.25) is 10.0 Å². The first-order valence-electron chi connectivity index (χ1n) is 9.40. The molecule has 0 saturated heterocycles. The van der Waals surface area contributed by atoms with Gasteiger partial charge in [0.05, 0.1) is 33.7 Å². The Hall–Kier alpha value is -2.74. The summed E-state index contributed by atoms with van der Waals surface area (Å²) in [6.45, 7) is -0.170. The summed E-state index contributed by atoms with van der Waals surface area (Å²) in [5.74, 6) is -0.419. The van der Waals surface area contributed by atoms with Gasteiger partial charge in [-0.2, -0.15) is 0 Å². The average Bonchev–Trinajstić information content (AvgIpc) is 2.76. The first-order valence-corrected chi connectivity index (χ1v) is 11.8. The van der Waals surface area contributed by atoms with Crippen molar-refractivity contribution < 1.29 is 17.9 Å². The lowest BCUT2D eigenvalue weighted by Gasteiger charge is -2.34. The van der Waals surface area contributed by atoms with Crippen molar-refractivity contribution in [3.05, 3.63) is 88.4 Å². The Balaban J connectivity index is 1.62. The minimum absolute atomic E-state index is 0.170. The number of nitrogens with one attached hydrogen (secondary N) is 1. The second kappa shape index (κ2) is 8.78. The fraction of sp³-hybridized carbons (Fsp3) is 0.136. The Morgan fingerprint density at radius 1 is 1.00 bits per heavy atom. The third-order valence-corrected chi connectivity index (χ3v) is 7.30. The van der Waals surface area contributed by atoms with E-state index in [4.69, 9.17) is 27.9 Å². The summed E-state index contributed by atoms with van der Waals surface area (Å²) in [7, 11) is -3.78. The number of carbonyl (C=O) groups is 1. The van der Waals surface area contributed by atoms with E-state index >= 15 is 0 Å². The molecule has 1 aliphatic rings. The minimum Gasteiger partial charge on any atom is -0.476 e. The maximum absolute atomic E-state index is 13.2. The second-order valence-electron chi connectivity index (χ2n) is 6.94. The van der Waals surface area contributed by atoms with Crippen LogP contribution in [0.25, 0.3) is 0 Å². The maximum atomic E-state index is 13.2. The molecule has 1 amide bonds. The zero-order valence-corrected chi connectivity index (χ0v) is 18.5. The van der Waals surface area contributed by atoms with Crippen LogP contribution in [0.5, 0.6) is 5.75 Å². The highest BCUT2D eigenvalue weighted by Crippen LogP contribution is 2.36. The fourth-order valence-electron chi connectivity index (χ4n) is 3.28. The van der Waals surface area contributed by atoms with E-state index in [2.05, 4.69) is 5.32 Å². The van der Waals surface area contributed by atoms with Gasteiger partial charge < -0.3 is 10.1 Å². The first-order chi connectivity index (χ1) is 14.8. The van der Waals surface area contributed by atoms with Crippen LogP contribution < -0.4 is 14.4 Å². The van der Waals surface area contributed by atoms with Crippen LogP contribution in [0.1, 0.15) is 5.56 Å². The van der Waals surface area contributed by atoms with E-state index in [0.29, 0.717) is 27.7 Å². The normalized spacial score (nSPS) is 15.7. The summed E-state index contributed by atoms with van der Waals surface area (Å²) < 4.78 is 33.5. The van der Waals surface area contributed by atoms with Crippen LogP contribution in [0.3, 0.4) is 0 Å². The molecule has 1 N–H and O–H groups in total. The molecule has 3 aromatic rings. The Labute approximate surface area is 190 Å². The first kappa shape index (κ1) is 21.5. The summed E-state index contributed by atoms with van der Waals surface area (Å²) in [4.78, 5) is 12.9. The minimum atomic E-state index is -3.78. The number of para-hydroxylation sites is 2. The molecular weight excluding hydrogens is 459 g/mol. The molecule has 160 valence electrons. The third-order valence-electron chi connectivity index (χ3n) is 4.76. The van der Waals surface area contributed by atoms with Gasteiger partial charge in [0.1, 0.15) is 5.75 Å². The van der Waals surface area contributed by atoms with Crippen LogP contribution in [-0.2, 0) is 20.6 Å². The van der Waals surface area contributed by atoms with Gasteiger partial charge in [0.25, 0.3) is 5.91 Å². The molecule has 31 heavy (non-hydrogen) atoms. The molecule has 0 fully saturated rings. The zero-order chi connectivity index (χ0) is 22.0. The van der Waals surface area contributed by atoms with E-state index in [1.54, 1.807) is 66.7 Å². The quantitative estimate of drug-likeness (QED) is 0.577. The number of anilines is 2. The van der Waals surface area contributed by atoms with Gasteiger partial charge in [-0.3, -0.25) is 9.10 Å². The number of fused-ring (bicyclic) bond motifs is 1. The SMILES string of the molecule is O=C(Nc1cccc(Cl)c1Cl)[C@@H]1CN(S(=O)(=O)Cc2ccccc2)c2ccccc2O1. The average molecular weight is 477 g/mol. The Bertz CT molecular complexity index is 1220. The number of halogens is 2. The van der Waals surface area contributed by atoms with Gasteiger partial charge in [0, 0.05) is 0 Å². The molecule has 0 aromatic heterocycles. The Kier molecular flexibility index (Phi) is 6.09. The van der Waals surface area contributed by atoms with Gasteiger partial charge in [-0.25, -0.2) is 8.42 Å². The van der Waals surface area contributed by atoms with E-state index in [9.17, 15) is 13.2 Å². The van der Waals surface area contributed by atoms with Crippen LogP contribution in [0.4, 0.5) is 11.4 Å². The van der Waals surface area contributed by atoms with Gasteiger partial charge in [-0.05, 0) is 29.8 Å². The highest BCUT2D eigenvalue weighted by atomic mass is 35.5. The lowest BCUT2D eigenvalue weighted by atomic mass is 10.2. The molecule has 3 aromatic carbocycles. The molecule has 1 heterocycles. The molecule has 0 unspecified atom stereocenters. The van der Waals surface area contributed by atoms with E-state index in [-0.39, 0.29) is 17.3 Å². The monoisotopic (exact) mass is 476 g/mol. The van der Waals surface area contributed by atoms with Crippen molar-refractivity contribution in [3.63, 3.8) is 0 Å². The number of nitrogens with zero attached hydrogens (tertiary/aromatic N) is 1. The van der Waals surface area contributed by atoms with Crippen LogP contribution in [0.2, 0.25) is 10.0 Å². The number of sulfonamides is 1. The molecule has 0 saturated carbocycles. The van der Waals surface area contributed by atoms with E-state index in [0.717, 1.165) is 0 Å². The van der Waals surface area contributed by atoms with Crippen molar-refractivity contribution in [1.29, 1.82) is 0 Å². The highest BCUT2D eigenvalue weighted by molar-refractivity contribution is 7.92. The van der Waals surface area contributed by atoms with Crippen LogP contribution in [-0.4, -0.2) is 27.0 Å². The molecule has 0 spiro atoms. The number of carbonyl (C=O) groups excluding carboxylic acids is 1. The standard InChI is InChI=1S/C22H18Cl2N2O4S/c23-16-9-6-10-17(21(16)24)25-22(27)20-13-26(18-11-4-5-12-19(18)30-20)31(28,29)14-15-7-2-1-3-8-15/h1-12,20H,13-14H2,(H,25,27)/t20-/m0/s1. The fourth-order valence-corrected chi connectivity index (χ4v) is 5.21. The lowest BCUT2D eigenvalue weighted by Crippen LogP contribution is -2.49. The number of ether oxygens (including phenoxy) is 1. The van der Waals surface area contributed by atoms with Gasteiger partial charge >= 0.3 is 0 Å². The Morgan fingerprint density at radius 2 is 1.71 bits per heavy atom. The van der Waals surface area contributed by atoms with Gasteiger partial charge in [0.15, 0.2) is 6.10 Å². The van der Waals surface area contributed by atoms with Crippen molar-refractivity contribution >= 4 is 50.5 Å². The van der Waals surface area contributed by atoms with E-state index < -0.39 is 22.0 Å². The Morgan fingerprint density at radius 3 is 2.48 bits per heavy atom. The largest absolute Gasteiger partial charge is 0.476 e. The number of benzene rings is 3. The number of rotatable bonds is 5. The third kappa shape index (κ3) is 4.63. The topological polar surface area (TPSA) is 75.7 Å². The van der Waals surface area contributed by atoms with Crippen LogP contribution in [0, 0.1) is 0 Å². The highest BCUT2D eigenvalue weighted by Gasteiger charge is 2.36. The number of hydrogen-bond acceptors (Lipinski definition) is 4. The summed E-state index contributed by atoms with van der Waals surface area (Å²) in [5.41, 5.74) is 1.36. The molecule has 1 aliphatic heterocycles. The van der Waals surface area contributed by atoms with E-state index in [1.165, 1.54) is 4.31 Å². The van der Waals surface area contributed by atoms with Crippen LogP contribution >= 0.6 is 23.2 Å². The van der Waals surface area contributed by atoms with Crippen molar-refractivity contribution in [2.75, 3.05) is 16.2 Å². The lowest BCUT2D eigenvalue weighted by molar-refractivity contribution is -0.122.